The lowest BCUT2D eigenvalue weighted by atomic mass is 10.1. The number of piperidine rings is 1. The smallest absolute Gasteiger partial charge is 0.257 e. The largest absolute Gasteiger partial charge is 0.397 e. The number of anilines is 1. The van der Waals surface area contributed by atoms with E-state index in [-0.39, 0.29) is 11.1 Å². The number of carbonyl (C=O) groups excluding carboxylic acids is 1. The van der Waals surface area contributed by atoms with E-state index in [1.807, 2.05) is 4.90 Å². The SMILES string of the molecule is Nc1cnc(Cl)c(C(=O)N2CCCCC2)c1. The van der Waals surface area contributed by atoms with Crippen molar-refractivity contribution in [1.29, 1.82) is 0 Å². The van der Waals surface area contributed by atoms with Crippen LogP contribution < -0.4 is 5.73 Å². The van der Waals surface area contributed by atoms with Crippen molar-refractivity contribution >= 4 is 23.2 Å². The number of hydrogen-bond acceptors (Lipinski definition) is 3. The zero-order valence-electron chi connectivity index (χ0n) is 8.95. The Bertz CT molecular complexity index is 402. The molecule has 5 heteroatoms. The molecule has 16 heavy (non-hydrogen) atoms. The van der Waals surface area contributed by atoms with E-state index in [0.29, 0.717) is 11.3 Å². The molecule has 1 amide bonds. The molecule has 1 aromatic rings. The normalized spacial score (nSPS) is 16.2. The van der Waals surface area contributed by atoms with Crippen LogP contribution in [-0.2, 0) is 0 Å². The van der Waals surface area contributed by atoms with Crippen LogP contribution in [-0.4, -0.2) is 28.9 Å². The number of halogens is 1. The molecule has 0 saturated carbocycles. The summed E-state index contributed by atoms with van der Waals surface area (Å²) in [5.74, 6) is -0.0653. The van der Waals surface area contributed by atoms with Gasteiger partial charge >= 0.3 is 0 Å². The highest BCUT2D eigenvalue weighted by atomic mass is 35.5. The van der Waals surface area contributed by atoms with Gasteiger partial charge in [0.25, 0.3) is 5.91 Å². The number of nitrogens with two attached hydrogens (primary N) is 1. The number of rotatable bonds is 1. The maximum atomic E-state index is 12.1. The minimum absolute atomic E-state index is 0.0653. The first kappa shape index (κ1) is 11.2. The maximum absolute atomic E-state index is 12.1. The molecular formula is C11H14ClN3O. The first-order chi connectivity index (χ1) is 7.68. The standard InChI is InChI=1S/C11H14ClN3O/c12-10-9(6-8(13)7-14-10)11(16)15-4-2-1-3-5-15/h6-7H,1-5,13H2. The molecule has 0 atom stereocenters. The summed E-state index contributed by atoms with van der Waals surface area (Å²) in [5.41, 5.74) is 6.47. The second-order valence-electron chi connectivity index (χ2n) is 3.96. The van der Waals surface area contributed by atoms with Gasteiger partial charge in [-0.15, -0.1) is 0 Å². The third-order valence-electron chi connectivity index (χ3n) is 2.73. The highest BCUT2D eigenvalue weighted by molar-refractivity contribution is 6.32. The number of amides is 1. The molecule has 2 rings (SSSR count). The van der Waals surface area contributed by atoms with Crippen molar-refractivity contribution in [3.63, 3.8) is 0 Å². The summed E-state index contributed by atoms with van der Waals surface area (Å²) in [4.78, 5) is 17.8. The molecule has 0 aliphatic carbocycles. The maximum Gasteiger partial charge on any atom is 0.257 e. The number of likely N-dealkylation sites (tertiary alicyclic amines) is 1. The number of hydrogen-bond donors (Lipinski definition) is 1. The van der Waals surface area contributed by atoms with Crippen molar-refractivity contribution < 1.29 is 4.79 Å². The Morgan fingerprint density at radius 3 is 2.75 bits per heavy atom. The summed E-state index contributed by atoms with van der Waals surface area (Å²) in [5, 5.41) is 0.227. The van der Waals surface area contributed by atoms with Gasteiger partial charge in [0.2, 0.25) is 0 Å². The first-order valence-corrected chi connectivity index (χ1v) is 5.76. The van der Waals surface area contributed by atoms with Crippen LogP contribution in [0.2, 0.25) is 5.15 Å². The van der Waals surface area contributed by atoms with E-state index < -0.39 is 0 Å². The third-order valence-corrected chi connectivity index (χ3v) is 3.04. The minimum atomic E-state index is -0.0653. The molecule has 2 heterocycles. The molecule has 86 valence electrons. The van der Waals surface area contributed by atoms with Crippen LogP contribution in [0.5, 0.6) is 0 Å². The van der Waals surface area contributed by atoms with Crippen LogP contribution in [0.3, 0.4) is 0 Å². The summed E-state index contributed by atoms with van der Waals surface area (Å²) < 4.78 is 0. The fourth-order valence-corrected chi connectivity index (χ4v) is 2.07. The van der Waals surface area contributed by atoms with Crippen LogP contribution in [0.4, 0.5) is 5.69 Å². The molecule has 0 radical (unpaired) electrons. The lowest BCUT2D eigenvalue weighted by molar-refractivity contribution is 0.0724. The minimum Gasteiger partial charge on any atom is -0.397 e. The molecule has 1 fully saturated rings. The van der Waals surface area contributed by atoms with E-state index in [1.54, 1.807) is 6.07 Å². The molecule has 0 bridgehead atoms. The predicted molar refractivity (Wildman–Crippen MR) is 63.4 cm³/mol. The van der Waals surface area contributed by atoms with Crippen LogP contribution in [0.1, 0.15) is 29.6 Å². The fraction of sp³-hybridized carbons (Fsp3) is 0.455. The topological polar surface area (TPSA) is 59.2 Å². The summed E-state index contributed by atoms with van der Waals surface area (Å²) in [6.07, 6.45) is 4.75. The average molecular weight is 240 g/mol. The highest BCUT2D eigenvalue weighted by Crippen LogP contribution is 2.19. The molecule has 0 aromatic carbocycles. The van der Waals surface area contributed by atoms with Crippen LogP contribution in [0, 0.1) is 0 Å². The molecular weight excluding hydrogens is 226 g/mol. The van der Waals surface area contributed by atoms with E-state index in [4.69, 9.17) is 17.3 Å². The van der Waals surface area contributed by atoms with Crippen LogP contribution in [0.25, 0.3) is 0 Å². The lowest BCUT2D eigenvalue weighted by Crippen LogP contribution is -2.35. The molecule has 0 spiro atoms. The Morgan fingerprint density at radius 1 is 1.38 bits per heavy atom. The van der Waals surface area contributed by atoms with Gasteiger partial charge in [0.15, 0.2) is 0 Å². The second-order valence-corrected chi connectivity index (χ2v) is 4.32. The highest BCUT2D eigenvalue weighted by Gasteiger charge is 2.20. The lowest BCUT2D eigenvalue weighted by Gasteiger charge is -2.26. The van der Waals surface area contributed by atoms with Crippen molar-refractivity contribution in [2.45, 2.75) is 19.3 Å². The predicted octanol–water partition coefficient (Wildman–Crippen LogP) is 1.94. The van der Waals surface area contributed by atoms with Crippen molar-refractivity contribution in [1.82, 2.24) is 9.88 Å². The third kappa shape index (κ3) is 2.27. The number of pyridine rings is 1. The van der Waals surface area contributed by atoms with E-state index >= 15 is 0 Å². The van der Waals surface area contributed by atoms with E-state index in [9.17, 15) is 4.79 Å². The monoisotopic (exact) mass is 239 g/mol. The van der Waals surface area contributed by atoms with Gasteiger partial charge in [-0.2, -0.15) is 0 Å². The average Bonchev–Trinajstić information content (AvgIpc) is 2.32. The van der Waals surface area contributed by atoms with Crippen LogP contribution in [0.15, 0.2) is 12.3 Å². The number of aromatic nitrogens is 1. The van der Waals surface area contributed by atoms with Gasteiger partial charge in [-0.3, -0.25) is 4.79 Å². The van der Waals surface area contributed by atoms with Gasteiger partial charge < -0.3 is 10.6 Å². The van der Waals surface area contributed by atoms with Crippen molar-refractivity contribution in [2.75, 3.05) is 18.8 Å². The Morgan fingerprint density at radius 2 is 2.06 bits per heavy atom. The Hall–Kier alpha value is -1.29. The molecule has 1 aliphatic rings. The summed E-state index contributed by atoms with van der Waals surface area (Å²) in [7, 11) is 0. The molecule has 4 nitrogen and oxygen atoms in total. The number of carbonyl (C=O) groups is 1. The summed E-state index contributed by atoms with van der Waals surface area (Å²) >= 11 is 5.90. The van der Waals surface area contributed by atoms with E-state index in [0.717, 1.165) is 25.9 Å². The molecule has 1 aromatic heterocycles. The van der Waals surface area contributed by atoms with Crippen molar-refractivity contribution in [3.05, 3.63) is 23.0 Å². The Labute approximate surface area is 99.4 Å². The van der Waals surface area contributed by atoms with Crippen molar-refractivity contribution in [2.24, 2.45) is 0 Å². The van der Waals surface area contributed by atoms with Crippen LogP contribution >= 0.6 is 11.6 Å². The van der Waals surface area contributed by atoms with Gasteiger partial charge in [0.1, 0.15) is 5.15 Å². The van der Waals surface area contributed by atoms with Gasteiger partial charge in [0, 0.05) is 13.1 Å². The molecule has 0 unspecified atom stereocenters. The summed E-state index contributed by atoms with van der Waals surface area (Å²) in [6.45, 7) is 1.59. The quantitative estimate of drug-likeness (QED) is 0.762. The molecule has 2 N–H and O–H groups in total. The van der Waals surface area contributed by atoms with Gasteiger partial charge in [-0.1, -0.05) is 11.6 Å². The molecule has 1 saturated heterocycles. The van der Waals surface area contributed by atoms with Crippen molar-refractivity contribution in [3.8, 4) is 0 Å². The van der Waals surface area contributed by atoms with E-state index in [1.165, 1.54) is 12.6 Å². The Balaban J connectivity index is 2.22. The van der Waals surface area contributed by atoms with E-state index in [2.05, 4.69) is 4.98 Å². The van der Waals surface area contributed by atoms with Gasteiger partial charge in [-0.05, 0) is 25.3 Å². The fourth-order valence-electron chi connectivity index (χ4n) is 1.88. The number of nitrogen functional groups attached to an aromatic ring is 1. The molecule has 1 aliphatic heterocycles. The number of nitrogens with zero attached hydrogens (tertiary/aromatic N) is 2. The first-order valence-electron chi connectivity index (χ1n) is 5.39. The Kier molecular flexibility index (Phi) is 3.29. The zero-order chi connectivity index (χ0) is 11.5. The van der Waals surface area contributed by atoms with Gasteiger partial charge in [0.05, 0.1) is 17.4 Å². The zero-order valence-corrected chi connectivity index (χ0v) is 9.70. The summed E-state index contributed by atoms with van der Waals surface area (Å²) in [6, 6.07) is 1.59. The van der Waals surface area contributed by atoms with Gasteiger partial charge in [-0.25, -0.2) is 4.98 Å². The second kappa shape index (κ2) is 4.70.